The molecule has 0 saturated carbocycles. The molecule has 398 valence electrons. The summed E-state index contributed by atoms with van der Waals surface area (Å²) in [6, 6.07) is 4.88. The average Bonchev–Trinajstić information content (AvgIpc) is 4.18. The Bertz CT molecular complexity index is 2700. The van der Waals surface area contributed by atoms with Gasteiger partial charge in [-0.3, -0.25) is 0 Å². The van der Waals surface area contributed by atoms with Crippen molar-refractivity contribution in [1.82, 2.24) is 9.97 Å². The summed E-state index contributed by atoms with van der Waals surface area (Å²) in [7, 11) is 0. The van der Waals surface area contributed by atoms with Gasteiger partial charge in [0.1, 0.15) is 36.9 Å². The van der Waals surface area contributed by atoms with Gasteiger partial charge in [-0.05, 0) is 111 Å². The number of rotatable bonds is 23. The lowest BCUT2D eigenvalue weighted by atomic mass is 9.74. The maximum atomic E-state index is 7.23. The Balaban J connectivity index is 1.28. The van der Waals surface area contributed by atoms with E-state index in [0.717, 1.165) is 110 Å². The van der Waals surface area contributed by atoms with Crippen molar-refractivity contribution in [2.75, 3.05) is 26.4 Å². The molecule has 4 bridgehead atoms. The third kappa shape index (κ3) is 12.4. The second-order valence-electron chi connectivity index (χ2n) is 24.4. The minimum Gasteiger partial charge on any atom is -0.491 e. The van der Waals surface area contributed by atoms with Crippen LogP contribution in [-0.4, -0.2) is 36.4 Å². The molecule has 6 atom stereocenters. The molecule has 0 spiro atoms. The molecule has 4 aromatic heterocycles. The predicted molar refractivity (Wildman–Crippen MR) is 316 cm³/mol. The van der Waals surface area contributed by atoms with E-state index in [1.165, 1.54) is 108 Å². The zero-order valence-corrected chi connectivity index (χ0v) is 50.2. The number of thiophene rings is 2. The highest BCUT2D eigenvalue weighted by atomic mass is 32.1. The van der Waals surface area contributed by atoms with Crippen molar-refractivity contribution >= 4 is 86.0 Å². The fourth-order valence-electron chi connectivity index (χ4n) is 11.5. The summed E-state index contributed by atoms with van der Waals surface area (Å²) in [5.41, 5.74) is 1.89. The lowest BCUT2D eigenvalue weighted by molar-refractivity contribution is 0.203. The summed E-state index contributed by atoms with van der Waals surface area (Å²) in [5.74, 6) is 8.06. The van der Waals surface area contributed by atoms with Crippen molar-refractivity contribution in [2.24, 2.45) is 41.4 Å². The van der Waals surface area contributed by atoms with Crippen molar-refractivity contribution in [3.05, 3.63) is 22.0 Å². The SMILES string of the molecule is CCCCC1CCC(C)(CC)c2cc3c(c4sc(-c5nc6c(OCCC(C)CCCC(C)C)c7sc8nc7c(c6s5)OCCC(C)C(CCC(C)C)CC8(C)C)cc4c(OCC(CC)CCCC)c3s2)OC1. The molecule has 6 heterocycles. The first-order valence-electron chi connectivity index (χ1n) is 28.9. The molecule has 0 amide bonds. The van der Waals surface area contributed by atoms with Gasteiger partial charge in [0.15, 0.2) is 11.5 Å². The fourth-order valence-corrected chi connectivity index (χ4v) is 16.3. The molecule has 6 unspecified atom stereocenters. The van der Waals surface area contributed by atoms with Gasteiger partial charge in [0.05, 0.1) is 45.7 Å². The van der Waals surface area contributed by atoms with Crippen LogP contribution >= 0.6 is 45.3 Å². The first kappa shape index (κ1) is 55.6. The highest BCUT2D eigenvalue weighted by molar-refractivity contribution is 7.29. The van der Waals surface area contributed by atoms with Crippen LogP contribution in [0.3, 0.4) is 0 Å². The molecular formula is C62H92N2O4S4. The van der Waals surface area contributed by atoms with Crippen LogP contribution in [0.2, 0.25) is 0 Å². The monoisotopic (exact) mass is 1060 g/mol. The quantitative estimate of drug-likeness (QED) is 0.0637. The van der Waals surface area contributed by atoms with Crippen LogP contribution in [0.1, 0.15) is 215 Å². The van der Waals surface area contributed by atoms with E-state index in [1.54, 1.807) is 11.3 Å². The highest BCUT2D eigenvalue weighted by Crippen LogP contribution is 2.56. The third-order valence-electron chi connectivity index (χ3n) is 17.0. The van der Waals surface area contributed by atoms with Crippen LogP contribution in [0.25, 0.3) is 50.5 Å². The number of benzene rings is 2. The number of thiazole rings is 2. The van der Waals surface area contributed by atoms with Crippen LogP contribution < -0.4 is 18.9 Å². The molecule has 0 aliphatic carbocycles. The molecule has 6 nitrogen and oxygen atoms in total. The largest absolute Gasteiger partial charge is 0.491 e. The van der Waals surface area contributed by atoms with Gasteiger partial charge >= 0.3 is 0 Å². The summed E-state index contributed by atoms with van der Waals surface area (Å²) in [5, 5.41) is 4.55. The van der Waals surface area contributed by atoms with Gasteiger partial charge in [-0.2, -0.15) is 0 Å². The van der Waals surface area contributed by atoms with Gasteiger partial charge in [0, 0.05) is 26.5 Å². The molecule has 0 N–H and O–H groups in total. The van der Waals surface area contributed by atoms with Crippen LogP contribution in [0.5, 0.6) is 23.0 Å². The maximum absolute atomic E-state index is 7.23. The molecule has 2 aliphatic rings. The minimum absolute atomic E-state index is 0.0858. The summed E-state index contributed by atoms with van der Waals surface area (Å²) in [6.07, 6.45) is 21.3. The van der Waals surface area contributed by atoms with Gasteiger partial charge in [-0.1, -0.05) is 148 Å². The normalized spacial score (nSPS) is 21.5. The molecule has 10 heteroatoms. The Morgan fingerprint density at radius 3 is 2.24 bits per heavy atom. The average molecular weight is 1060 g/mol. The molecule has 72 heavy (non-hydrogen) atoms. The van der Waals surface area contributed by atoms with Crippen LogP contribution in [-0.2, 0) is 10.8 Å². The first-order chi connectivity index (χ1) is 34.6. The van der Waals surface area contributed by atoms with E-state index in [9.17, 15) is 0 Å². The number of hydrogen-bond acceptors (Lipinski definition) is 10. The van der Waals surface area contributed by atoms with E-state index in [-0.39, 0.29) is 10.8 Å². The molecule has 2 aromatic carbocycles. The third-order valence-corrected chi connectivity index (χ3v) is 22.2. The Labute approximate surface area is 451 Å². The van der Waals surface area contributed by atoms with E-state index in [2.05, 4.69) is 102 Å². The molecule has 6 aromatic rings. The number of aromatic nitrogens is 2. The molecule has 8 rings (SSSR count). The van der Waals surface area contributed by atoms with Crippen LogP contribution in [0, 0.1) is 41.4 Å². The number of ether oxygens (including phenoxy) is 4. The second-order valence-corrected chi connectivity index (χ2v) is 28.5. The van der Waals surface area contributed by atoms with E-state index >= 15 is 0 Å². The zero-order chi connectivity index (χ0) is 51.3. The standard InChI is InChI=1S/C62H92N2O4S4/c1-14-18-23-42(16-3)36-67-51-45-33-47(69-55(45)52-46-34-48(70-56(46)51)62(13,17-4)30-27-43(37-68-52)24-19-15-2)59-63-49-53(65-31-28-40(9)22-20-21-38(5)6)58-50-54(57(49)71-59)66-32-29-41(10)44(26-25-39(7)8)35-61(11,12)60(64-50)72-58/h33-34,38-44H,14-32,35-37H2,1-13H3. The van der Waals surface area contributed by atoms with Crippen molar-refractivity contribution in [3.63, 3.8) is 0 Å². The highest BCUT2D eigenvalue weighted by Gasteiger charge is 2.36. The molecule has 2 aliphatic heterocycles. The van der Waals surface area contributed by atoms with E-state index in [1.807, 2.05) is 34.0 Å². The smallest absolute Gasteiger partial charge is 0.166 e. The van der Waals surface area contributed by atoms with Crippen molar-refractivity contribution < 1.29 is 18.9 Å². The Kier molecular flexibility index (Phi) is 19.0. The number of nitrogens with zero attached hydrogens (tertiary/aromatic N) is 2. The molecule has 0 fully saturated rings. The summed E-state index contributed by atoms with van der Waals surface area (Å²) >= 11 is 7.37. The molecule has 0 radical (unpaired) electrons. The van der Waals surface area contributed by atoms with Crippen molar-refractivity contribution in [2.45, 2.75) is 216 Å². The summed E-state index contributed by atoms with van der Waals surface area (Å²) in [6.45, 7) is 33.7. The van der Waals surface area contributed by atoms with E-state index < -0.39 is 0 Å². The van der Waals surface area contributed by atoms with Crippen molar-refractivity contribution in [3.8, 4) is 32.9 Å². The second kappa shape index (κ2) is 24.6. The van der Waals surface area contributed by atoms with Crippen LogP contribution in [0.4, 0.5) is 0 Å². The van der Waals surface area contributed by atoms with Gasteiger partial charge in [0.2, 0.25) is 0 Å². The number of hydrogen-bond donors (Lipinski definition) is 0. The lowest BCUT2D eigenvalue weighted by Crippen LogP contribution is -2.26. The van der Waals surface area contributed by atoms with Gasteiger partial charge in [0.25, 0.3) is 0 Å². The summed E-state index contributed by atoms with van der Waals surface area (Å²) in [4.78, 5) is 13.9. The minimum atomic E-state index is -0.0858. The van der Waals surface area contributed by atoms with Gasteiger partial charge in [-0.15, -0.1) is 45.3 Å². The Morgan fingerprint density at radius 1 is 0.708 bits per heavy atom. The Morgan fingerprint density at radius 2 is 1.50 bits per heavy atom. The predicted octanol–water partition coefficient (Wildman–Crippen LogP) is 20.6. The maximum Gasteiger partial charge on any atom is 0.166 e. The molecular weight excluding hydrogens is 965 g/mol. The van der Waals surface area contributed by atoms with Crippen LogP contribution in [0.15, 0.2) is 12.1 Å². The first-order valence-corrected chi connectivity index (χ1v) is 32.2. The van der Waals surface area contributed by atoms with E-state index in [4.69, 9.17) is 28.9 Å². The van der Waals surface area contributed by atoms with Crippen molar-refractivity contribution in [1.29, 1.82) is 0 Å². The zero-order valence-electron chi connectivity index (χ0n) is 46.9. The van der Waals surface area contributed by atoms with Gasteiger partial charge < -0.3 is 18.9 Å². The number of unbranched alkanes of at least 4 members (excludes halogenated alkanes) is 2. The lowest BCUT2D eigenvalue weighted by Gasteiger charge is -2.32. The Hall–Kier alpha value is -2.66. The fraction of sp³-hybridized carbons (Fsp3) is 0.710. The van der Waals surface area contributed by atoms with E-state index in [0.29, 0.717) is 48.7 Å². The molecule has 0 saturated heterocycles. The topological polar surface area (TPSA) is 62.7 Å². The van der Waals surface area contributed by atoms with Gasteiger partial charge in [-0.25, -0.2) is 9.97 Å². The summed E-state index contributed by atoms with van der Waals surface area (Å²) < 4.78 is 33.2. The number of fused-ring (bicyclic) bond motifs is 6.